The van der Waals surface area contributed by atoms with Crippen molar-refractivity contribution >= 4 is 34.1 Å². The van der Waals surface area contributed by atoms with E-state index in [9.17, 15) is 0 Å². The van der Waals surface area contributed by atoms with E-state index in [0.29, 0.717) is 0 Å². The highest BCUT2D eigenvalue weighted by molar-refractivity contribution is 14.1. The van der Waals surface area contributed by atoms with Gasteiger partial charge in [0.2, 0.25) is 3.83 Å². The average molecular weight is 366 g/mol. The van der Waals surface area contributed by atoms with Crippen LogP contribution >= 0.6 is 34.1 Å². The highest BCUT2D eigenvalue weighted by Crippen LogP contribution is 2.13. The molecule has 0 fully saturated rings. The minimum Gasteiger partial charge on any atom is -0.215 e. The fourth-order valence-corrected chi connectivity index (χ4v) is 3.26. The van der Waals surface area contributed by atoms with Crippen LogP contribution in [0.25, 0.3) is 0 Å². The second kappa shape index (κ2) is 10.2. The topological polar surface area (TPSA) is 25.8 Å². The molecule has 0 unspecified atom stereocenters. The number of hydrogen-bond acceptors (Lipinski definition) is 3. The van der Waals surface area contributed by atoms with E-state index >= 15 is 0 Å². The van der Waals surface area contributed by atoms with Crippen LogP contribution in [0.3, 0.4) is 0 Å². The van der Waals surface area contributed by atoms with Gasteiger partial charge in [-0.3, -0.25) is 0 Å². The average Bonchev–Trinajstić information content (AvgIpc) is 2.73. The molecule has 0 saturated carbocycles. The van der Waals surface area contributed by atoms with Gasteiger partial charge >= 0.3 is 0 Å². The van der Waals surface area contributed by atoms with Crippen LogP contribution in [-0.4, -0.2) is 9.36 Å². The first-order chi connectivity index (χ1) is 8.33. The Morgan fingerprint density at radius 3 is 2.06 bits per heavy atom. The van der Waals surface area contributed by atoms with Crippen LogP contribution in [0.1, 0.15) is 69.7 Å². The first-order valence-electron chi connectivity index (χ1n) is 6.81. The van der Waals surface area contributed by atoms with Gasteiger partial charge in [-0.25, -0.2) is 4.98 Å². The van der Waals surface area contributed by atoms with Gasteiger partial charge in [-0.2, -0.15) is 4.37 Å². The maximum absolute atomic E-state index is 4.37. The van der Waals surface area contributed by atoms with Gasteiger partial charge in [-0.1, -0.05) is 58.3 Å². The predicted molar refractivity (Wildman–Crippen MR) is 83.6 cm³/mol. The lowest BCUT2D eigenvalue weighted by atomic mass is 10.1. The molecule has 1 rings (SSSR count). The highest BCUT2D eigenvalue weighted by atomic mass is 127. The van der Waals surface area contributed by atoms with Gasteiger partial charge in [0.05, 0.1) is 0 Å². The van der Waals surface area contributed by atoms with E-state index in [2.05, 4.69) is 38.9 Å². The molecule has 1 heterocycles. The van der Waals surface area contributed by atoms with Gasteiger partial charge < -0.3 is 0 Å². The monoisotopic (exact) mass is 366 g/mol. The molecule has 1 aromatic heterocycles. The summed E-state index contributed by atoms with van der Waals surface area (Å²) in [6.45, 7) is 2.27. The molecule has 0 N–H and O–H groups in total. The van der Waals surface area contributed by atoms with Gasteiger partial charge in [0.25, 0.3) is 0 Å². The Morgan fingerprint density at radius 2 is 1.53 bits per heavy atom. The SMILES string of the molecule is CCCCCCCCCCCc1nc(I)ns1. The molecule has 1 aromatic rings. The Bertz CT molecular complexity index is 289. The summed E-state index contributed by atoms with van der Waals surface area (Å²) >= 11 is 3.74. The summed E-state index contributed by atoms with van der Waals surface area (Å²) in [7, 11) is 0. The summed E-state index contributed by atoms with van der Waals surface area (Å²) in [5, 5.41) is 1.21. The van der Waals surface area contributed by atoms with Crippen LogP contribution in [0.15, 0.2) is 0 Å². The molecule has 0 aliphatic heterocycles. The van der Waals surface area contributed by atoms with Gasteiger partial charge in [0.1, 0.15) is 5.01 Å². The van der Waals surface area contributed by atoms with Crippen LogP contribution in [0, 0.1) is 3.83 Å². The first-order valence-corrected chi connectivity index (χ1v) is 8.66. The van der Waals surface area contributed by atoms with Crippen molar-refractivity contribution in [1.29, 1.82) is 0 Å². The van der Waals surface area contributed by atoms with Crippen LogP contribution in [0.4, 0.5) is 0 Å². The molecule has 0 saturated heterocycles. The Kier molecular flexibility index (Phi) is 9.24. The Morgan fingerprint density at radius 1 is 0.941 bits per heavy atom. The summed E-state index contributed by atoms with van der Waals surface area (Å²) in [6.07, 6.45) is 13.6. The molecule has 2 nitrogen and oxygen atoms in total. The van der Waals surface area contributed by atoms with Gasteiger partial charge in [0.15, 0.2) is 0 Å². The standard InChI is InChI=1S/C13H23IN2S/c1-2-3-4-5-6-7-8-9-10-11-12-15-13(14)16-17-12/h2-11H2,1H3. The summed E-state index contributed by atoms with van der Waals surface area (Å²) in [4.78, 5) is 4.37. The summed E-state index contributed by atoms with van der Waals surface area (Å²) in [5.74, 6) is 0. The quantitative estimate of drug-likeness (QED) is 0.419. The zero-order valence-electron chi connectivity index (χ0n) is 10.8. The second-order valence-electron chi connectivity index (χ2n) is 4.54. The van der Waals surface area contributed by atoms with Gasteiger partial charge in [-0.05, 0) is 18.0 Å². The minimum absolute atomic E-state index is 0.901. The van der Waals surface area contributed by atoms with Crippen molar-refractivity contribution in [3.63, 3.8) is 0 Å². The molecule has 0 amide bonds. The zero-order chi connectivity index (χ0) is 12.3. The van der Waals surface area contributed by atoms with Crippen molar-refractivity contribution in [3.05, 3.63) is 8.84 Å². The summed E-state index contributed by atoms with van der Waals surface area (Å²) < 4.78 is 5.09. The molecule has 0 aliphatic rings. The lowest BCUT2D eigenvalue weighted by molar-refractivity contribution is 0.564. The van der Waals surface area contributed by atoms with Crippen molar-refractivity contribution in [3.8, 4) is 0 Å². The van der Waals surface area contributed by atoms with Crippen molar-refractivity contribution in [1.82, 2.24) is 9.36 Å². The number of halogens is 1. The number of nitrogens with zero attached hydrogens (tertiary/aromatic N) is 2. The lowest BCUT2D eigenvalue weighted by Gasteiger charge is -2.00. The van der Waals surface area contributed by atoms with Gasteiger partial charge in [-0.15, -0.1) is 0 Å². The normalized spacial score (nSPS) is 10.9. The minimum atomic E-state index is 0.901. The molecule has 0 spiro atoms. The molecule has 17 heavy (non-hydrogen) atoms. The predicted octanol–water partition coefficient (Wildman–Crippen LogP) is 5.22. The Hall–Kier alpha value is 0.290. The number of rotatable bonds is 10. The zero-order valence-corrected chi connectivity index (χ0v) is 13.7. The third-order valence-corrected chi connectivity index (χ3v) is 4.52. The molecular formula is C13H23IN2S. The van der Waals surface area contributed by atoms with E-state index in [1.165, 1.54) is 62.8 Å². The number of hydrogen-bond donors (Lipinski definition) is 0. The maximum atomic E-state index is 4.37. The van der Waals surface area contributed by atoms with Crippen molar-refractivity contribution in [2.75, 3.05) is 0 Å². The molecule has 98 valence electrons. The molecule has 0 atom stereocenters. The van der Waals surface area contributed by atoms with Crippen LogP contribution in [-0.2, 0) is 6.42 Å². The number of aryl methyl sites for hydroxylation is 1. The van der Waals surface area contributed by atoms with E-state index in [-0.39, 0.29) is 0 Å². The maximum Gasteiger partial charge on any atom is 0.203 e. The molecule has 0 aliphatic carbocycles. The first kappa shape index (κ1) is 15.3. The van der Waals surface area contributed by atoms with E-state index in [1.807, 2.05) is 0 Å². The van der Waals surface area contributed by atoms with E-state index < -0.39 is 0 Å². The summed E-state index contributed by atoms with van der Waals surface area (Å²) in [6, 6.07) is 0. The van der Waals surface area contributed by atoms with Crippen LogP contribution in [0.2, 0.25) is 0 Å². The molecule has 0 radical (unpaired) electrons. The third kappa shape index (κ3) is 8.08. The second-order valence-corrected chi connectivity index (χ2v) is 6.34. The number of aromatic nitrogens is 2. The van der Waals surface area contributed by atoms with Crippen LogP contribution < -0.4 is 0 Å². The van der Waals surface area contributed by atoms with Crippen molar-refractivity contribution in [2.24, 2.45) is 0 Å². The van der Waals surface area contributed by atoms with Crippen LogP contribution in [0.5, 0.6) is 0 Å². The smallest absolute Gasteiger partial charge is 0.203 e. The van der Waals surface area contributed by atoms with Crippen molar-refractivity contribution in [2.45, 2.75) is 71.1 Å². The van der Waals surface area contributed by atoms with Crippen molar-refractivity contribution < 1.29 is 0 Å². The fraction of sp³-hybridized carbons (Fsp3) is 0.846. The molecule has 0 bridgehead atoms. The Balaban J connectivity index is 1.84. The number of unbranched alkanes of at least 4 members (excludes halogenated alkanes) is 8. The summed E-state index contributed by atoms with van der Waals surface area (Å²) in [5.41, 5.74) is 0. The largest absolute Gasteiger partial charge is 0.215 e. The molecule has 4 heteroatoms. The van der Waals surface area contributed by atoms with E-state index in [4.69, 9.17) is 0 Å². The molecular weight excluding hydrogens is 343 g/mol. The fourth-order valence-electron chi connectivity index (χ4n) is 1.92. The lowest BCUT2D eigenvalue weighted by Crippen LogP contribution is -1.86. The Labute approximate surface area is 123 Å². The van der Waals surface area contributed by atoms with E-state index in [0.717, 1.165) is 10.3 Å². The van der Waals surface area contributed by atoms with E-state index in [1.54, 1.807) is 11.5 Å². The third-order valence-electron chi connectivity index (χ3n) is 2.94. The highest BCUT2D eigenvalue weighted by Gasteiger charge is 2.00. The molecule has 0 aromatic carbocycles. The van der Waals surface area contributed by atoms with Gasteiger partial charge in [0, 0.05) is 29.0 Å².